The predicted octanol–water partition coefficient (Wildman–Crippen LogP) is 4.62. The van der Waals surface area contributed by atoms with Crippen LogP contribution in [0.15, 0.2) is 42.6 Å². The average molecular weight is 453 g/mol. The molecule has 1 amide bonds. The molecule has 2 atom stereocenters. The highest BCUT2D eigenvalue weighted by molar-refractivity contribution is 5.68. The number of carbonyl (C=O) groups excluding carboxylic acids is 1. The highest BCUT2D eigenvalue weighted by Gasteiger charge is 2.35. The number of carbonyl (C=O) groups is 1. The minimum atomic E-state index is -4.50. The summed E-state index contributed by atoms with van der Waals surface area (Å²) in [5, 5.41) is 2.85. The molecule has 2 aromatic rings. The summed E-state index contributed by atoms with van der Waals surface area (Å²) in [4.78, 5) is 17.6. The van der Waals surface area contributed by atoms with E-state index in [0.29, 0.717) is 18.8 Å². The predicted molar refractivity (Wildman–Crippen MR) is 112 cm³/mol. The van der Waals surface area contributed by atoms with Gasteiger partial charge in [0.1, 0.15) is 22.8 Å². The molecule has 1 aromatic carbocycles. The number of pyridine rings is 1. The number of hydrogen-bond acceptors (Lipinski definition) is 6. The van der Waals surface area contributed by atoms with Crippen LogP contribution < -0.4 is 15.0 Å². The molecule has 10 heteroatoms. The monoisotopic (exact) mass is 453 g/mol. The maximum Gasteiger partial charge on any atom is 0.433 e. The molecule has 174 valence electrons. The summed E-state index contributed by atoms with van der Waals surface area (Å²) >= 11 is 0. The van der Waals surface area contributed by atoms with Crippen molar-refractivity contribution in [2.75, 3.05) is 25.1 Å². The van der Waals surface area contributed by atoms with Gasteiger partial charge in [0.05, 0.1) is 18.3 Å². The zero-order valence-corrected chi connectivity index (χ0v) is 18.3. The van der Waals surface area contributed by atoms with Crippen molar-refractivity contribution in [3.05, 3.63) is 48.3 Å². The Kier molecular flexibility index (Phi) is 6.82. The van der Waals surface area contributed by atoms with Crippen molar-refractivity contribution >= 4 is 11.8 Å². The molecule has 0 aliphatic carbocycles. The van der Waals surface area contributed by atoms with Crippen molar-refractivity contribution < 1.29 is 32.2 Å². The Balaban J connectivity index is 1.67. The van der Waals surface area contributed by atoms with E-state index in [1.165, 1.54) is 6.07 Å². The van der Waals surface area contributed by atoms with Crippen molar-refractivity contribution in [2.24, 2.45) is 0 Å². The van der Waals surface area contributed by atoms with Crippen LogP contribution in [0.2, 0.25) is 0 Å². The van der Waals surface area contributed by atoms with E-state index in [-0.39, 0.29) is 17.9 Å². The summed E-state index contributed by atoms with van der Waals surface area (Å²) in [5.74, 6) is 0.636. The van der Waals surface area contributed by atoms with Crippen LogP contribution in [-0.2, 0) is 15.7 Å². The SMILES string of the molecule is CO[C@H]1CN(c2cccc(Oc3ccc(C(F)(F)F)nc3)c2)C[C@H]1NC(=O)OC(C)(C)C. The van der Waals surface area contributed by atoms with Crippen LogP contribution in [0.5, 0.6) is 11.5 Å². The van der Waals surface area contributed by atoms with Gasteiger partial charge in [0.25, 0.3) is 0 Å². The van der Waals surface area contributed by atoms with E-state index in [1.807, 2.05) is 11.0 Å². The van der Waals surface area contributed by atoms with Gasteiger partial charge in [0.2, 0.25) is 0 Å². The molecular formula is C22H26F3N3O4. The van der Waals surface area contributed by atoms with Gasteiger partial charge in [0.15, 0.2) is 0 Å². The van der Waals surface area contributed by atoms with Gasteiger partial charge in [-0.25, -0.2) is 9.78 Å². The van der Waals surface area contributed by atoms with Gasteiger partial charge in [-0.3, -0.25) is 0 Å². The molecule has 32 heavy (non-hydrogen) atoms. The highest BCUT2D eigenvalue weighted by Crippen LogP contribution is 2.31. The van der Waals surface area contributed by atoms with E-state index < -0.39 is 23.6 Å². The van der Waals surface area contributed by atoms with Crippen LogP contribution in [0.25, 0.3) is 0 Å². The Bertz CT molecular complexity index is 929. The summed E-state index contributed by atoms with van der Waals surface area (Å²) in [7, 11) is 1.58. The van der Waals surface area contributed by atoms with Gasteiger partial charge < -0.3 is 24.4 Å². The maximum atomic E-state index is 12.7. The second-order valence-electron chi connectivity index (χ2n) is 8.41. The Morgan fingerprint density at radius 2 is 1.88 bits per heavy atom. The summed E-state index contributed by atoms with van der Waals surface area (Å²) < 4.78 is 54.5. The lowest BCUT2D eigenvalue weighted by Crippen LogP contribution is -2.45. The van der Waals surface area contributed by atoms with Crippen LogP contribution >= 0.6 is 0 Å². The summed E-state index contributed by atoms with van der Waals surface area (Å²) in [6.45, 7) is 6.39. The molecule has 1 saturated heterocycles. The number of methoxy groups -OCH3 is 1. The maximum absolute atomic E-state index is 12.7. The number of rotatable bonds is 5. The number of hydrogen-bond donors (Lipinski definition) is 1. The molecule has 1 aliphatic heterocycles. The molecule has 0 spiro atoms. The van der Waals surface area contributed by atoms with Crippen LogP contribution in [0.1, 0.15) is 26.5 Å². The molecule has 2 heterocycles. The van der Waals surface area contributed by atoms with E-state index >= 15 is 0 Å². The van der Waals surface area contributed by atoms with Gasteiger partial charge in [-0.2, -0.15) is 13.2 Å². The number of nitrogens with zero attached hydrogens (tertiary/aromatic N) is 2. The van der Waals surface area contributed by atoms with Gasteiger partial charge in [-0.15, -0.1) is 0 Å². The third-order valence-electron chi connectivity index (χ3n) is 4.72. The summed E-state index contributed by atoms with van der Waals surface area (Å²) in [6, 6.07) is 8.93. The Morgan fingerprint density at radius 1 is 1.12 bits per heavy atom. The first kappa shape index (κ1) is 23.6. The quantitative estimate of drug-likeness (QED) is 0.712. The fraction of sp³-hybridized carbons (Fsp3) is 0.455. The third-order valence-corrected chi connectivity index (χ3v) is 4.72. The van der Waals surface area contributed by atoms with E-state index in [1.54, 1.807) is 46.1 Å². The normalized spacial score (nSPS) is 19.0. The lowest BCUT2D eigenvalue weighted by Gasteiger charge is -2.23. The first-order valence-electron chi connectivity index (χ1n) is 10.0. The molecule has 3 rings (SSSR count). The highest BCUT2D eigenvalue weighted by atomic mass is 19.4. The van der Waals surface area contributed by atoms with E-state index in [2.05, 4.69) is 10.3 Å². The first-order valence-corrected chi connectivity index (χ1v) is 10.0. The van der Waals surface area contributed by atoms with E-state index in [9.17, 15) is 18.0 Å². The lowest BCUT2D eigenvalue weighted by atomic mass is 10.2. The number of alkyl halides is 3. The second-order valence-corrected chi connectivity index (χ2v) is 8.41. The lowest BCUT2D eigenvalue weighted by molar-refractivity contribution is -0.141. The van der Waals surface area contributed by atoms with Gasteiger partial charge in [-0.05, 0) is 45.0 Å². The van der Waals surface area contributed by atoms with Gasteiger partial charge >= 0.3 is 12.3 Å². The second kappa shape index (κ2) is 9.23. The smallest absolute Gasteiger partial charge is 0.433 e. The number of aromatic nitrogens is 1. The molecule has 0 radical (unpaired) electrons. The first-order chi connectivity index (χ1) is 14.9. The van der Waals surface area contributed by atoms with Crippen LogP contribution in [0.4, 0.5) is 23.7 Å². The fourth-order valence-electron chi connectivity index (χ4n) is 3.31. The minimum absolute atomic E-state index is 0.191. The number of anilines is 1. The molecule has 0 bridgehead atoms. The summed E-state index contributed by atoms with van der Waals surface area (Å²) in [5.41, 5.74) is -0.772. The standard InChI is InChI=1S/C22H26F3N3O4/c1-21(2,3)32-20(29)27-17-12-28(13-18(17)30-4)14-6-5-7-15(10-14)31-16-8-9-19(26-11-16)22(23,24)25/h5-11,17-18H,12-13H2,1-4H3,(H,27,29)/t17-,18+/m1/s1. The Labute approximate surface area is 184 Å². The van der Waals surface area contributed by atoms with Crippen LogP contribution in [0.3, 0.4) is 0 Å². The molecule has 0 saturated carbocycles. The van der Waals surface area contributed by atoms with Crippen LogP contribution in [0, 0.1) is 0 Å². The third kappa shape index (κ3) is 6.25. The molecule has 1 N–H and O–H groups in total. The molecule has 1 fully saturated rings. The van der Waals surface area contributed by atoms with Gasteiger partial charge in [-0.1, -0.05) is 6.07 Å². The number of nitrogens with one attached hydrogen (secondary N) is 1. The number of amides is 1. The number of ether oxygens (including phenoxy) is 3. The number of alkyl carbamates (subject to hydrolysis) is 1. The largest absolute Gasteiger partial charge is 0.456 e. The van der Waals surface area contributed by atoms with Crippen molar-refractivity contribution in [1.82, 2.24) is 10.3 Å². The molecule has 0 unspecified atom stereocenters. The Morgan fingerprint density at radius 3 is 2.47 bits per heavy atom. The van der Waals surface area contributed by atoms with Gasteiger partial charge in [0, 0.05) is 32.0 Å². The summed E-state index contributed by atoms with van der Waals surface area (Å²) in [6.07, 6.45) is -4.23. The van der Waals surface area contributed by atoms with Crippen molar-refractivity contribution in [1.29, 1.82) is 0 Å². The molecule has 1 aromatic heterocycles. The molecule has 7 nitrogen and oxygen atoms in total. The Hall–Kier alpha value is -3.01. The topological polar surface area (TPSA) is 72.9 Å². The average Bonchev–Trinajstić information content (AvgIpc) is 3.09. The van der Waals surface area contributed by atoms with Crippen molar-refractivity contribution in [2.45, 2.75) is 44.7 Å². The number of benzene rings is 1. The van der Waals surface area contributed by atoms with E-state index in [0.717, 1.165) is 18.0 Å². The molecular weight excluding hydrogens is 427 g/mol. The van der Waals surface area contributed by atoms with Crippen molar-refractivity contribution in [3.8, 4) is 11.5 Å². The van der Waals surface area contributed by atoms with E-state index in [4.69, 9.17) is 14.2 Å². The number of halogens is 3. The zero-order chi connectivity index (χ0) is 23.5. The fourth-order valence-corrected chi connectivity index (χ4v) is 3.31. The van der Waals surface area contributed by atoms with Crippen LogP contribution in [-0.4, -0.2) is 49.0 Å². The minimum Gasteiger partial charge on any atom is -0.456 e. The van der Waals surface area contributed by atoms with Crippen molar-refractivity contribution in [3.63, 3.8) is 0 Å². The zero-order valence-electron chi connectivity index (χ0n) is 18.3. The molecule has 1 aliphatic rings.